The summed E-state index contributed by atoms with van der Waals surface area (Å²) < 4.78 is 27.9. The molecule has 0 atom stereocenters. The van der Waals surface area contributed by atoms with Gasteiger partial charge in [-0.25, -0.2) is 9.37 Å². The summed E-state index contributed by atoms with van der Waals surface area (Å²) in [5.41, 5.74) is 2.49. The smallest absolute Gasteiger partial charge is 0.282 e. The Bertz CT molecular complexity index is 1930. The number of ether oxygens (including phenoxy) is 1. The van der Waals surface area contributed by atoms with Crippen molar-refractivity contribution in [3.8, 4) is 17.3 Å². The Morgan fingerprint density at radius 1 is 0.974 bits per heavy atom. The van der Waals surface area contributed by atoms with E-state index in [0.29, 0.717) is 44.9 Å². The lowest BCUT2D eigenvalue weighted by molar-refractivity contribution is 0.304. The molecule has 0 aliphatic carbocycles. The van der Waals surface area contributed by atoms with Gasteiger partial charge in [-0.3, -0.25) is 4.79 Å². The van der Waals surface area contributed by atoms with Gasteiger partial charge in [0.05, 0.1) is 21.6 Å². The van der Waals surface area contributed by atoms with Crippen molar-refractivity contribution in [1.82, 2.24) is 9.66 Å². The topological polar surface area (TPSA) is 69.6 Å². The van der Waals surface area contributed by atoms with Gasteiger partial charge in [0, 0.05) is 9.86 Å². The van der Waals surface area contributed by atoms with Crippen LogP contribution in [0.5, 0.6) is 5.75 Å². The maximum absolute atomic E-state index is 13.5. The Hall–Kier alpha value is -4.08. The number of nitrogens with zero attached hydrogens (tertiary/aromatic N) is 3. The van der Waals surface area contributed by atoms with Gasteiger partial charge < -0.3 is 9.15 Å². The fraction of sp³-hybridized carbons (Fsp3) is 0.0333. The third-order valence-corrected chi connectivity index (χ3v) is 7.15. The van der Waals surface area contributed by atoms with Crippen LogP contribution in [0.25, 0.3) is 33.5 Å². The third-order valence-electron chi connectivity index (χ3n) is 6.04. The van der Waals surface area contributed by atoms with Crippen LogP contribution < -0.4 is 10.3 Å². The van der Waals surface area contributed by atoms with Gasteiger partial charge in [-0.15, -0.1) is 0 Å². The predicted octanol–water partition coefficient (Wildman–Crippen LogP) is 7.94. The highest BCUT2D eigenvalue weighted by Gasteiger charge is 2.16. The molecule has 9 heteroatoms. The Balaban J connectivity index is 1.35. The van der Waals surface area contributed by atoms with E-state index in [1.165, 1.54) is 16.8 Å². The second-order valence-electron chi connectivity index (χ2n) is 8.71. The van der Waals surface area contributed by atoms with Crippen LogP contribution in [-0.2, 0) is 6.61 Å². The van der Waals surface area contributed by atoms with Crippen LogP contribution in [-0.4, -0.2) is 15.9 Å². The van der Waals surface area contributed by atoms with E-state index in [2.05, 4.69) is 37.0 Å². The summed E-state index contributed by atoms with van der Waals surface area (Å²) in [5.74, 6) is 1.05. The first kappa shape index (κ1) is 25.2. The third kappa shape index (κ3) is 5.28. The normalized spacial score (nSPS) is 11.6. The number of hydrogen-bond donors (Lipinski definition) is 0. The van der Waals surface area contributed by atoms with Crippen molar-refractivity contribution in [1.29, 1.82) is 0 Å². The van der Waals surface area contributed by atoms with Crippen LogP contribution in [0.2, 0.25) is 0 Å². The van der Waals surface area contributed by atoms with Crippen LogP contribution in [0.15, 0.2) is 114 Å². The molecule has 0 saturated carbocycles. The summed E-state index contributed by atoms with van der Waals surface area (Å²) in [6.45, 7) is 0.294. The van der Waals surface area contributed by atoms with E-state index in [-0.39, 0.29) is 11.4 Å². The van der Waals surface area contributed by atoms with Crippen molar-refractivity contribution < 1.29 is 13.5 Å². The summed E-state index contributed by atoms with van der Waals surface area (Å²) in [5, 5.41) is 5.83. The van der Waals surface area contributed by atoms with Gasteiger partial charge in [0.2, 0.25) is 5.82 Å². The number of furan rings is 1. The van der Waals surface area contributed by atoms with E-state index < -0.39 is 0 Å². The number of halogens is 3. The molecule has 0 radical (unpaired) electrons. The van der Waals surface area contributed by atoms with Crippen molar-refractivity contribution in [3.05, 3.63) is 127 Å². The van der Waals surface area contributed by atoms with E-state index in [1.807, 2.05) is 42.5 Å². The molecule has 0 bridgehead atoms. The fourth-order valence-corrected chi connectivity index (χ4v) is 4.99. The summed E-state index contributed by atoms with van der Waals surface area (Å²) in [6.07, 6.45) is 1.58. The highest BCUT2D eigenvalue weighted by Crippen LogP contribution is 2.30. The lowest BCUT2D eigenvalue weighted by Crippen LogP contribution is -2.20. The number of hydrogen-bond acceptors (Lipinski definition) is 5. The number of aromatic nitrogens is 2. The minimum absolute atomic E-state index is 0.291. The molecule has 0 N–H and O–H groups in total. The second kappa shape index (κ2) is 10.6. The average molecular weight is 647 g/mol. The maximum atomic E-state index is 13.5. The summed E-state index contributed by atoms with van der Waals surface area (Å²) >= 11 is 7.02. The number of rotatable bonds is 6. The summed E-state index contributed by atoms with van der Waals surface area (Å²) in [7, 11) is 0. The molecule has 6 nitrogen and oxygen atoms in total. The monoisotopic (exact) mass is 645 g/mol. The van der Waals surface area contributed by atoms with E-state index >= 15 is 0 Å². The van der Waals surface area contributed by atoms with Crippen molar-refractivity contribution in [3.63, 3.8) is 0 Å². The van der Waals surface area contributed by atoms with E-state index in [4.69, 9.17) is 14.1 Å². The van der Waals surface area contributed by atoms with Crippen molar-refractivity contribution in [2.24, 2.45) is 5.10 Å². The number of fused-ring (bicyclic) bond motifs is 2. The molecular weight excluding hydrogens is 629 g/mol. The molecule has 0 aliphatic heterocycles. The molecule has 0 aliphatic rings. The van der Waals surface area contributed by atoms with Crippen molar-refractivity contribution in [2.45, 2.75) is 6.61 Å². The standard InChI is InChI=1S/C30H18Br2FN3O3/c31-21-8-12-26-20(14-21)15-28(39-26)29-35-25-4-2-1-3-23(25)30(37)36(29)34-16-19-7-11-27(24(32)13-19)38-17-18-5-9-22(33)10-6-18/h1-16H,17H2. The van der Waals surface area contributed by atoms with Gasteiger partial charge in [0.15, 0.2) is 5.76 Å². The Morgan fingerprint density at radius 2 is 1.79 bits per heavy atom. The van der Waals surface area contributed by atoms with Crippen molar-refractivity contribution >= 4 is 59.9 Å². The van der Waals surface area contributed by atoms with Crippen LogP contribution >= 0.6 is 31.9 Å². The Labute approximate surface area is 238 Å². The van der Waals surface area contributed by atoms with E-state index in [0.717, 1.165) is 21.0 Å². The Kier molecular flexibility index (Phi) is 6.85. The largest absolute Gasteiger partial charge is 0.488 e. The molecular formula is C30H18Br2FN3O3. The van der Waals surface area contributed by atoms with Crippen LogP contribution in [0.1, 0.15) is 11.1 Å². The van der Waals surface area contributed by atoms with Gasteiger partial charge >= 0.3 is 0 Å². The van der Waals surface area contributed by atoms with E-state index in [9.17, 15) is 9.18 Å². The zero-order valence-corrected chi connectivity index (χ0v) is 23.3. The van der Waals surface area contributed by atoms with Crippen molar-refractivity contribution in [2.75, 3.05) is 0 Å². The predicted molar refractivity (Wildman–Crippen MR) is 157 cm³/mol. The van der Waals surface area contributed by atoms with Gasteiger partial charge in [-0.2, -0.15) is 9.78 Å². The molecule has 0 saturated heterocycles. The molecule has 2 aromatic heterocycles. The molecule has 2 heterocycles. The lowest BCUT2D eigenvalue weighted by Gasteiger charge is -2.09. The SMILES string of the molecule is O=c1c2ccccc2nc(-c2cc3cc(Br)ccc3o2)n1N=Cc1ccc(OCc2ccc(F)cc2)c(Br)c1. The zero-order valence-electron chi connectivity index (χ0n) is 20.1. The van der Waals surface area contributed by atoms with Crippen LogP contribution in [0, 0.1) is 5.82 Å². The quantitative estimate of drug-likeness (QED) is 0.172. The molecule has 192 valence electrons. The Morgan fingerprint density at radius 3 is 2.62 bits per heavy atom. The summed E-state index contributed by atoms with van der Waals surface area (Å²) in [4.78, 5) is 18.2. The minimum Gasteiger partial charge on any atom is -0.488 e. The maximum Gasteiger partial charge on any atom is 0.282 e. The minimum atomic E-state index is -0.313. The lowest BCUT2D eigenvalue weighted by atomic mass is 10.2. The fourth-order valence-electron chi connectivity index (χ4n) is 4.10. The van der Waals surface area contributed by atoms with E-state index in [1.54, 1.807) is 42.6 Å². The molecule has 0 fully saturated rings. The first-order valence-corrected chi connectivity index (χ1v) is 13.5. The first-order chi connectivity index (χ1) is 18.9. The molecule has 39 heavy (non-hydrogen) atoms. The molecule has 6 aromatic rings. The molecule has 0 spiro atoms. The number of para-hydroxylation sites is 1. The average Bonchev–Trinajstić information content (AvgIpc) is 3.36. The van der Waals surface area contributed by atoms with Gasteiger partial charge in [0.25, 0.3) is 5.56 Å². The van der Waals surface area contributed by atoms with Crippen LogP contribution in [0.4, 0.5) is 4.39 Å². The van der Waals surface area contributed by atoms with Gasteiger partial charge in [-0.05, 0) is 93.8 Å². The molecule has 4 aromatic carbocycles. The number of benzene rings is 4. The molecule has 0 amide bonds. The molecule has 6 rings (SSSR count). The second-order valence-corrected chi connectivity index (χ2v) is 10.5. The van der Waals surface area contributed by atoms with Gasteiger partial charge in [-0.1, -0.05) is 40.2 Å². The molecule has 0 unspecified atom stereocenters. The van der Waals surface area contributed by atoms with Gasteiger partial charge in [0.1, 0.15) is 23.8 Å². The highest BCUT2D eigenvalue weighted by atomic mass is 79.9. The highest BCUT2D eigenvalue weighted by molar-refractivity contribution is 9.10. The summed E-state index contributed by atoms with van der Waals surface area (Å²) in [6, 6.07) is 26.3. The zero-order chi connectivity index (χ0) is 26.9. The first-order valence-electron chi connectivity index (χ1n) is 11.9. The van der Waals surface area contributed by atoms with Crippen LogP contribution in [0.3, 0.4) is 0 Å².